The summed E-state index contributed by atoms with van der Waals surface area (Å²) in [6.07, 6.45) is 11.4. The molecule has 2 aliphatic rings. The van der Waals surface area contributed by atoms with Gasteiger partial charge in [0.25, 0.3) is 0 Å². The first-order valence-corrected chi connectivity index (χ1v) is 9.48. The molecule has 2 aliphatic carbocycles. The first-order valence-electron chi connectivity index (χ1n) is 9.05. The zero-order valence-electron chi connectivity index (χ0n) is 14.6. The van der Waals surface area contributed by atoms with Gasteiger partial charge in [-0.1, -0.05) is 68.3 Å². The number of nitrogens with one attached hydrogen (secondary N) is 1. The van der Waals surface area contributed by atoms with Crippen LogP contribution in [0.25, 0.3) is 5.57 Å². The van der Waals surface area contributed by atoms with Crippen LogP contribution in [0, 0.1) is 23.6 Å². The van der Waals surface area contributed by atoms with E-state index < -0.39 is 0 Å². The fourth-order valence-corrected chi connectivity index (χ4v) is 4.24. The van der Waals surface area contributed by atoms with E-state index in [1.54, 1.807) is 0 Å². The Morgan fingerprint density at radius 1 is 1.28 bits per heavy atom. The molecule has 3 rings (SSSR count). The van der Waals surface area contributed by atoms with Crippen molar-refractivity contribution in [1.82, 2.24) is 5.32 Å². The van der Waals surface area contributed by atoms with E-state index in [4.69, 9.17) is 11.6 Å². The summed E-state index contributed by atoms with van der Waals surface area (Å²) in [6, 6.07) is 6.62. The van der Waals surface area contributed by atoms with Crippen LogP contribution in [0.2, 0.25) is 0 Å². The number of hydrogen-bond donors (Lipinski definition) is 1. The second-order valence-electron chi connectivity index (χ2n) is 7.04. The summed E-state index contributed by atoms with van der Waals surface area (Å²) < 4.78 is 13.1. The summed E-state index contributed by atoms with van der Waals surface area (Å²) >= 11 is 6.69. The Balaban J connectivity index is 1.67. The number of allylic oxidation sites excluding steroid dienone is 4. The fraction of sp³-hybridized carbons (Fsp3) is 0.409. The second-order valence-corrected chi connectivity index (χ2v) is 7.51. The van der Waals surface area contributed by atoms with Gasteiger partial charge in [0.15, 0.2) is 0 Å². The van der Waals surface area contributed by atoms with E-state index in [9.17, 15) is 4.39 Å². The van der Waals surface area contributed by atoms with E-state index in [-0.39, 0.29) is 23.2 Å². The van der Waals surface area contributed by atoms with E-state index in [0.717, 1.165) is 16.8 Å². The highest BCUT2D eigenvalue weighted by Crippen LogP contribution is 2.34. The summed E-state index contributed by atoms with van der Waals surface area (Å²) in [6.45, 7) is 6.01. The maximum atomic E-state index is 13.1. The Kier molecular flexibility index (Phi) is 5.83. The molecule has 3 heteroatoms. The number of alkyl halides is 1. The van der Waals surface area contributed by atoms with Gasteiger partial charge in [-0.25, -0.2) is 4.39 Å². The lowest BCUT2D eigenvalue weighted by Crippen LogP contribution is -2.35. The van der Waals surface area contributed by atoms with Crippen molar-refractivity contribution in [3.8, 4) is 0 Å². The van der Waals surface area contributed by atoms with Crippen molar-refractivity contribution in [2.24, 2.45) is 17.8 Å². The van der Waals surface area contributed by atoms with Gasteiger partial charge in [-0.05, 0) is 42.0 Å². The zero-order chi connectivity index (χ0) is 17.8. The molecule has 1 N–H and O–H groups in total. The molecule has 132 valence electrons. The first kappa shape index (κ1) is 18.0. The lowest BCUT2D eigenvalue weighted by Gasteiger charge is -2.30. The van der Waals surface area contributed by atoms with Gasteiger partial charge in [-0.3, -0.25) is 0 Å². The molecule has 1 fully saturated rings. The number of hydrogen-bond acceptors (Lipinski definition) is 1. The molecular weight excluding hydrogens is 333 g/mol. The zero-order valence-corrected chi connectivity index (χ0v) is 15.4. The Hall–Kier alpha value is -1.76. The Morgan fingerprint density at radius 3 is 2.56 bits per heavy atom. The summed E-state index contributed by atoms with van der Waals surface area (Å²) in [4.78, 5) is 0. The van der Waals surface area contributed by atoms with Crippen LogP contribution in [-0.4, -0.2) is 5.50 Å². The molecule has 0 radical (unpaired) electrons. The third-order valence-electron chi connectivity index (χ3n) is 5.31. The molecule has 3 atom stereocenters. The molecule has 1 nitrogen and oxygen atoms in total. The van der Waals surface area contributed by atoms with Crippen LogP contribution in [0.15, 0.2) is 60.5 Å². The Labute approximate surface area is 155 Å². The highest BCUT2D eigenvalue weighted by Gasteiger charge is 2.27. The van der Waals surface area contributed by atoms with E-state index in [1.807, 2.05) is 12.1 Å². The van der Waals surface area contributed by atoms with Crippen molar-refractivity contribution in [3.05, 3.63) is 71.9 Å². The smallest absolute Gasteiger partial charge is 0.123 e. The maximum Gasteiger partial charge on any atom is 0.123 e. The molecular formula is C22H25ClFN. The van der Waals surface area contributed by atoms with Crippen LogP contribution in [-0.2, 0) is 0 Å². The van der Waals surface area contributed by atoms with Gasteiger partial charge in [0, 0.05) is 11.8 Å². The van der Waals surface area contributed by atoms with Crippen molar-refractivity contribution >= 4 is 17.2 Å². The second kappa shape index (κ2) is 8.08. The number of rotatable bonds is 5. The monoisotopic (exact) mass is 357 g/mol. The average molecular weight is 358 g/mol. The van der Waals surface area contributed by atoms with E-state index in [0.29, 0.717) is 5.92 Å². The molecule has 0 aromatic heterocycles. The van der Waals surface area contributed by atoms with Crippen LogP contribution >= 0.6 is 11.6 Å². The van der Waals surface area contributed by atoms with E-state index >= 15 is 0 Å². The van der Waals surface area contributed by atoms with Crippen LogP contribution in [0.3, 0.4) is 0 Å². The molecule has 1 saturated carbocycles. The minimum Gasteiger partial charge on any atom is -0.366 e. The van der Waals surface area contributed by atoms with Crippen molar-refractivity contribution in [3.63, 3.8) is 0 Å². The minimum atomic E-state index is -0.212. The maximum absolute atomic E-state index is 13.1. The molecule has 0 saturated heterocycles. The number of benzene rings is 1. The standard InChI is InChI=1S/C22H25ClFN/c1-3-21(17-6-4-5-7-17)25-22(23)20-13-10-18(14-15(20)2)16-8-11-19(24)12-9-16/h8-15,17,20,22,25H,1,4-7H2,2H3. The lowest BCUT2D eigenvalue weighted by atomic mass is 9.84. The van der Waals surface area contributed by atoms with Gasteiger partial charge in [-0.2, -0.15) is 0 Å². The van der Waals surface area contributed by atoms with Gasteiger partial charge in [-0.15, -0.1) is 5.73 Å². The van der Waals surface area contributed by atoms with Crippen LogP contribution in [0.1, 0.15) is 38.2 Å². The molecule has 0 bridgehead atoms. The Bertz CT molecular complexity index is 706. The number of halogens is 2. The third kappa shape index (κ3) is 4.26. The van der Waals surface area contributed by atoms with Crippen molar-refractivity contribution in [2.45, 2.75) is 38.1 Å². The fourth-order valence-electron chi connectivity index (χ4n) is 3.81. The molecule has 0 heterocycles. The molecule has 0 spiro atoms. The summed E-state index contributed by atoms with van der Waals surface area (Å²) in [5.74, 6) is 0.785. The quantitative estimate of drug-likeness (QED) is 0.384. The SMILES string of the molecule is C=C=C(NC(Cl)C1C=CC(c2ccc(F)cc2)=CC1C)C1CCCC1. The van der Waals surface area contributed by atoms with Crippen molar-refractivity contribution in [1.29, 1.82) is 0 Å². The van der Waals surface area contributed by atoms with Gasteiger partial charge in [0.2, 0.25) is 0 Å². The molecule has 25 heavy (non-hydrogen) atoms. The molecule has 0 amide bonds. The van der Waals surface area contributed by atoms with Gasteiger partial charge in [0.05, 0.1) is 5.70 Å². The first-order chi connectivity index (χ1) is 12.1. The van der Waals surface area contributed by atoms with Crippen LogP contribution < -0.4 is 5.32 Å². The average Bonchev–Trinajstić information content (AvgIpc) is 3.14. The van der Waals surface area contributed by atoms with Crippen LogP contribution in [0.5, 0.6) is 0 Å². The molecule has 0 aliphatic heterocycles. The van der Waals surface area contributed by atoms with Gasteiger partial charge in [0.1, 0.15) is 11.3 Å². The highest BCUT2D eigenvalue weighted by molar-refractivity contribution is 6.20. The topological polar surface area (TPSA) is 12.0 Å². The largest absolute Gasteiger partial charge is 0.366 e. The third-order valence-corrected chi connectivity index (χ3v) is 5.71. The molecule has 1 aromatic carbocycles. The van der Waals surface area contributed by atoms with E-state index in [2.05, 4.69) is 42.8 Å². The van der Waals surface area contributed by atoms with Gasteiger partial charge < -0.3 is 5.32 Å². The summed E-state index contributed by atoms with van der Waals surface area (Å²) in [5.41, 5.74) is 6.08. The minimum absolute atomic E-state index is 0.190. The van der Waals surface area contributed by atoms with E-state index in [1.165, 1.54) is 37.8 Å². The van der Waals surface area contributed by atoms with Crippen molar-refractivity contribution in [2.75, 3.05) is 0 Å². The predicted octanol–water partition coefficient (Wildman–Crippen LogP) is 6.04. The predicted molar refractivity (Wildman–Crippen MR) is 104 cm³/mol. The van der Waals surface area contributed by atoms with Crippen LogP contribution in [0.4, 0.5) is 4.39 Å². The highest BCUT2D eigenvalue weighted by atomic mass is 35.5. The summed E-state index contributed by atoms with van der Waals surface area (Å²) in [5, 5.41) is 3.45. The normalized spacial score (nSPS) is 24.5. The van der Waals surface area contributed by atoms with Crippen molar-refractivity contribution < 1.29 is 4.39 Å². The Morgan fingerprint density at radius 2 is 1.96 bits per heavy atom. The molecule has 3 unspecified atom stereocenters. The summed E-state index contributed by atoms with van der Waals surface area (Å²) in [7, 11) is 0. The lowest BCUT2D eigenvalue weighted by molar-refractivity contribution is 0.433. The molecule has 1 aromatic rings. The van der Waals surface area contributed by atoms with Gasteiger partial charge >= 0.3 is 0 Å².